The van der Waals surface area contributed by atoms with E-state index in [9.17, 15) is 0 Å². The molecular weight excluding hydrogens is 224 g/mol. The molecule has 1 unspecified atom stereocenters. The van der Waals surface area contributed by atoms with Crippen molar-refractivity contribution in [2.45, 2.75) is 25.4 Å². The summed E-state index contributed by atoms with van der Waals surface area (Å²) in [5, 5.41) is 3.09. The summed E-state index contributed by atoms with van der Waals surface area (Å²) in [7, 11) is 6.27. The summed E-state index contributed by atoms with van der Waals surface area (Å²) in [4.78, 5) is 9.15. The molecule has 1 aromatic heterocycles. The van der Waals surface area contributed by atoms with Crippen LogP contribution in [0.25, 0.3) is 0 Å². The maximum Gasteiger partial charge on any atom is 0.125 e. The highest BCUT2D eigenvalue weighted by atomic mass is 15.2. The second kappa shape index (κ2) is 6.16. The van der Waals surface area contributed by atoms with Crippen molar-refractivity contribution in [2.75, 3.05) is 39.5 Å². The first-order chi connectivity index (χ1) is 8.69. The molecule has 0 bridgehead atoms. The molecule has 0 spiro atoms. The van der Waals surface area contributed by atoms with E-state index in [1.165, 1.54) is 31.5 Å². The number of pyridine rings is 1. The first-order valence-electron chi connectivity index (χ1n) is 6.70. The smallest absolute Gasteiger partial charge is 0.125 e. The van der Waals surface area contributed by atoms with Gasteiger partial charge in [0.1, 0.15) is 5.82 Å². The minimum atomic E-state index is 0.698. The lowest BCUT2D eigenvalue weighted by atomic mass is 10.0. The highest BCUT2D eigenvalue weighted by Crippen LogP contribution is 2.17. The molecule has 18 heavy (non-hydrogen) atoms. The van der Waals surface area contributed by atoms with Crippen LogP contribution in [-0.4, -0.2) is 55.1 Å². The Bertz CT molecular complexity index is 378. The lowest BCUT2D eigenvalue weighted by Crippen LogP contribution is -2.44. The molecular formula is C14H24N4. The maximum absolute atomic E-state index is 4.26. The van der Waals surface area contributed by atoms with Crippen molar-refractivity contribution < 1.29 is 0 Å². The fraction of sp³-hybridized carbons (Fsp3) is 0.643. The molecule has 2 rings (SSSR count). The summed E-state index contributed by atoms with van der Waals surface area (Å²) in [5.74, 6) is 0.952. The van der Waals surface area contributed by atoms with Gasteiger partial charge in [-0.15, -0.1) is 0 Å². The summed E-state index contributed by atoms with van der Waals surface area (Å²) in [6, 6.07) is 4.95. The molecule has 0 radical (unpaired) electrons. The van der Waals surface area contributed by atoms with Gasteiger partial charge in [0.05, 0.1) is 0 Å². The van der Waals surface area contributed by atoms with E-state index in [0.29, 0.717) is 6.04 Å². The van der Waals surface area contributed by atoms with Crippen LogP contribution in [-0.2, 0) is 6.54 Å². The molecule has 1 N–H and O–H groups in total. The number of hydrogen-bond donors (Lipinski definition) is 1. The first-order valence-corrected chi connectivity index (χ1v) is 6.70. The molecule has 2 heterocycles. The Morgan fingerprint density at radius 1 is 1.50 bits per heavy atom. The van der Waals surface area contributed by atoms with Crippen LogP contribution in [0.4, 0.5) is 5.82 Å². The van der Waals surface area contributed by atoms with E-state index in [1.807, 2.05) is 13.2 Å². The van der Waals surface area contributed by atoms with E-state index in [-0.39, 0.29) is 0 Å². The molecule has 4 heteroatoms. The number of aromatic nitrogens is 1. The van der Waals surface area contributed by atoms with Crippen LogP contribution in [0.1, 0.15) is 18.4 Å². The van der Waals surface area contributed by atoms with E-state index in [1.54, 1.807) is 0 Å². The van der Waals surface area contributed by atoms with Crippen molar-refractivity contribution in [3.05, 3.63) is 23.9 Å². The van der Waals surface area contributed by atoms with E-state index in [2.05, 4.69) is 46.3 Å². The molecule has 0 amide bonds. The SMILES string of the molecule is CNc1cc(CN2CCCC(N(C)C)C2)ccn1. The zero-order valence-corrected chi connectivity index (χ0v) is 11.7. The van der Waals surface area contributed by atoms with Gasteiger partial charge in [0.2, 0.25) is 0 Å². The molecule has 1 aliphatic heterocycles. The minimum Gasteiger partial charge on any atom is -0.373 e. The summed E-state index contributed by atoms with van der Waals surface area (Å²) >= 11 is 0. The van der Waals surface area contributed by atoms with Crippen molar-refractivity contribution in [1.29, 1.82) is 0 Å². The van der Waals surface area contributed by atoms with Gasteiger partial charge < -0.3 is 10.2 Å². The zero-order valence-electron chi connectivity index (χ0n) is 11.7. The fourth-order valence-corrected chi connectivity index (χ4v) is 2.56. The summed E-state index contributed by atoms with van der Waals surface area (Å²) in [6.07, 6.45) is 4.50. The normalized spacial score (nSPS) is 21.2. The van der Waals surface area contributed by atoms with Gasteiger partial charge in [-0.2, -0.15) is 0 Å². The number of piperidine rings is 1. The fourth-order valence-electron chi connectivity index (χ4n) is 2.56. The van der Waals surface area contributed by atoms with E-state index in [4.69, 9.17) is 0 Å². The quantitative estimate of drug-likeness (QED) is 0.878. The third-order valence-corrected chi connectivity index (χ3v) is 3.70. The molecule has 100 valence electrons. The van der Waals surface area contributed by atoms with Crippen molar-refractivity contribution in [3.63, 3.8) is 0 Å². The third kappa shape index (κ3) is 3.43. The molecule has 0 aliphatic carbocycles. The number of anilines is 1. The molecule has 1 aliphatic rings. The van der Waals surface area contributed by atoms with Crippen molar-refractivity contribution >= 4 is 5.82 Å². The Labute approximate surface area is 110 Å². The number of nitrogens with one attached hydrogen (secondary N) is 1. The van der Waals surface area contributed by atoms with Crippen LogP contribution >= 0.6 is 0 Å². The zero-order chi connectivity index (χ0) is 13.0. The topological polar surface area (TPSA) is 31.4 Å². The summed E-state index contributed by atoms with van der Waals surface area (Å²) in [5.41, 5.74) is 1.34. The number of likely N-dealkylation sites (tertiary alicyclic amines) is 1. The predicted octanol–water partition coefficient (Wildman–Crippen LogP) is 1.65. The Kier molecular flexibility index (Phi) is 4.55. The number of nitrogens with zero attached hydrogens (tertiary/aromatic N) is 3. The van der Waals surface area contributed by atoms with Crippen molar-refractivity contribution in [2.24, 2.45) is 0 Å². The monoisotopic (exact) mass is 248 g/mol. The maximum atomic E-state index is 4.26. The second-order valence-electron chi connectivity index (χ2n) is 5.29. The van der Waals surface area contributed by atoms with E-state index < -0.39 is 0 Å². The number of hydrogen-bond acceptors (Lipinski definition) is 4. The molecule has 1 atom stereocenters. The molecule has 4 nitrogen and oxygen atoms in total. The predicted molar refractivity (Wildman–Crippen MR) is 75.8 cm³/mol. The van der Waals surface area contributed by atoms with Crippen LogP contribution in [0.3, 0.4) is 0 Å². The van der Waals surface area contributed by atoms with Crippen LogP contribution in [0.2, 0.25) is 0 Å². The average molecular weight is 248 g/mol. The molecule has 1 fully saturated rings. The van der Waals surface area contributed by atoms with E-state index in [0.717, 1.165) is 12.4 Å². The molecule has 0 aromatic carbocycles. The van der Waals surface area contributed by atoms with Gasteiger partial charge in [0, 0.05) is 32.4 Å². The van der Waals surface area contributed by atoms with Gasteiger partial charge in [-0.05, 0) is 51.2 Å². The van der Waals surface area contributed by atoms with E-state index >= 15 is 0 Å². The highest BCUT2D eigenvalue weighted by molar-refractivity contribution is 5.36. The highest BCUT2D eigenvalue weighted by Gasteiger charge is 2.21. The molecule has 0 saturated carbocycles. The Morgan fingerprint density at radius 3 is 3.06 bits per heavy atom. The summed E-state index contributed by atoms with van der Waals surface area (Å²) in [6.45, 7) is 3.41. The van der Waals surface area contributed by atoms with Crippen LogP contribution in [0.5, 0.6) is 0 Å². The first kappa shape index (κ1) is 13.3. The Balaban J connectivity index is 1.95. The van der Waals surface area contributed by atoms with Gasteiger partial charge in [0.25, 0.3) is 0 Å². The lowest BCUT2D eigenvalue weighted by Gasteiger charge is -2.36. The van der Waals surface area contributed by atoms with Gasteiger partial charge in [0.15, 0.2) is 0 Å². The van der Waals surface area contributed by atoms with Gasteiger partial charge >= 0.3 is 0 Å². The Hall–Kier alpha value is -1.13. The van der Waals surface area contributed by atoms with Gasteiger partial charge in [-0.25, -0.2) is 4.98 Å². The minimum absolute atomic E-state index is 0.698. The largest absolute Gasteiger partial charge is 0.373 e. The number of likely N-dealkylation sites (N-methyl/N-ethyl adjacent to an activating group) is 1. The number of rotatable bonds is 4. The van der Waals surface area contributed by atoms with Crippen LogP contribution < -0.4 is 5.32 Å². The lowest BCUT2D eigenvalue weighted by molar-refractivity contribution is 0.128. The summed E-state index contributed by atoms with van der Waals surface area (Å²) < 4.78 is 0. The van der Waals surface area contributed by atoms with Crippen molar-refractivity contribution in [3.8, 4) is 0 Å². The molecule has 1 saturated heterocycles. The second-order valence-corrected chi connectivity index (χ2v) is 5.29. The van der Waals surface area contributed by atoms with Gasteiger partial charge in [-0.3, -0.25) is 4.90 Å². The van der Waals surface area contributed by atoms with Gasteiger partial charge in [-0.1, -0.05) is 0 Å². The van der Waals surface area contributed by atoms with Crippen molar-refractivity contribution in [1.82, 2.24) is 14.8 Å². The Morgan fingerprint density at radius 2 is 2.33 bits per heavy atom. The average Bonchev–Trinajstić information content (AvgIpc) is 2.39. The van der Waals surface area contributed by atoms with Crippen LogP contribution in [0.15, 0.2) is 18.3 Å². The standard InChI is InChI=1S/C14H24N4/c1-15-14-9-12(6-7-16-14)10-18-8-4-5-13(11-18)17(2)3/h6-7,9,13H,4-5,8,10-11H2,1-3H3,(H,15,16). The molecule has 1 aromatic rings. The third-order valence-electron chi connectivity index (χ3n) is 3.70. The van der Waals surface area contributed by atoms with Crippen LogP contribution in [0, 0.1) is 0 Å².